The van der Waals surface area contributed by atoms with Gasteiger partial charge in [-0.3, -0.25) is 9.59 Å². The highest BCUT2D eigenvalue weighted by atomic mass is 16.5. The number of carbonyl (C=O) groups excluding carboxylic acids is 1. The van der Waals surface area contributed by atoms with E-state index in [1.807, 2.05) is 0 Å². The van der Waals surface area contributed by atoms with Crippen LogP contribution in [0.5, 0.6) is 0 Å². The summed E-state index contributed by atoms with van der Waals surface area (Å²) in [4.78, 5) is 23.8. The first kappa shape index (κ1) is 8.89. The molecule has 2 heterocycles. The maximum atomic E-state index is 11.6. The minimum absolute atomic E-state index is 0.223. The molecule has 0 unspecified atom stereocenters. The number of amides is 1. The molecule has 1 fully saturated rings. The van der Waals surface area contributed by atoms with E-state index in [4.69, 9.17) is 4.74 Å². The molecule has 6 heteroatoms. The molecular weight excluding hydrogens is 186 g/mol. The molecule has 1 N–H and O–H groups in total. The molecule has 1 aromatic heterocycles. The predicted octanol–water partition coefficient (Wildman–Crippen LogP) is -0.800. The summed E-state index contributed by atoms with van der Waals surface area (Å²) in [6.45, 7) is 1.41. The molecule has 1 saturated heterocycles. The number of hydrogen-bond acceptors (Lipinski definition) is 4. The van der Waals surface area contributed by atoms with Gasteiger partial charge in [0.05, 0.1) is 6.61 Å². The molecule has 2 rings (SSSR count). The summed E-state index contributed by atoms with van der Waals surface area (Å²) in [5, 5.41) is 5.85. The number of ether oxygens (including phenoxy) is 1. The Balaban J connectivity index is 2.18. The minimum atomic E-state index is -0.320. The Morgan fingerprint density at radius 3 is 3.00 bits per heavy atom. The van der Waals surface area contributed by atoms with Gasteiger partial charge in [0, 0.05) is 12.6 Å². The van der Waals surface area contributed by atoms with Gasteiger partial charge in [0.1, 0.15) is 12.4 Å². The van der Waals surface area contributed by atoms with Crippen LogP contribution in [-0.2, 0) is 4.74 Å². The van der Waals surface area contributed by atoms with Crippen LogP contribution in [0.1, 0.15) is 10.5 Å². The molecule has 1 aromatic rings. The van der Waals surface area contributed by atoms with Gasteiger partial charge in [-0.1, -0.05) is 0 Å². The van der Waals surface area contributed by atoms with Gasteiger partial charge in [0.15, 0.2) is 0 Å². The zero-order chi connectivity index (χ0) is 9.97. The molecular formula is C8H9N3O3. The van der Waals surface area contributed by atoms with Crippen LogP contribution in [0.3, 0.4) is 0 Å². The maximum Gasteiger partial charge on any atom is 0.276 e. The Hall–Kier alpha value is -1.69. The second-order valence-electron chi connectivity index (χ2n) is 2.91. The van der Waals surface area contributed by atoms with Crippen molar-refractivity contribution in [2.24, 2.45) is 0 Å². The lowest BCUT2D eigenvalue weighted by molar-refractivity contribution is 0.0688. The molecule has 1 amide bonds. The summed E-state index contributed by atoms with van der Waals surface area (Å²) in [5.41, 5.74) is -0.0886. The van der Waals surface area contributed by atoms with Gasteiger partial charge in [-0.25, -0.2) is 5.10 Å². The van der Waals surface area contributed by atoms with Crippen LogP contribution in [0.15, 0.2) is 16.9 Å². The lowest BCUT2D eigenvalue weighted by Crippen LogP contribution is -2.29. The van der Waals surface area contributed by atoms with Gasteiger partial charge >= 0.3 is 0 Å². The van der Waals surface area contributed by atoms with Crippen LogP contribution < -0.4 is 5.56 Å². The van der Waals surface area contributed by atoms with E-state index in [0.717, 1.165) is 0 Å². The van der Waals surface area contributed by atoms with Gasteiger partial charge in [0.2, 0.25) is 0 Å². The Morgan fingerprint density at radius 1 is 1.57 bits per heavy atom. The van der Waals surface area contributed by atoms with E-state index in [9.17, 15) is 9.59 Å². The molecule has 74 valence electrons. The maximum absolute atomic E-state index is 11.6. The lowest BCUT2D eigenvalue weighted by Gasteiger charge is -2.11. The van der Waals surface area contributed by atoms with Crippen molar-refractivity contribution in [1.82, 2.24) is 15.1 Å². The van der Waals surface area contributed by atoms with Gasteiger partial charge in [-0.15, -0.1) is 0 Å². The molecule has 6 nitrogen and oxygen atoms in total. The third-order valence-corrected chi connectivity index (χ3v) is 1.94. The number of nitrogens with zero attached hydrogens (tertiary/aromatic N) is 2. The first-order chi connectivity index (χ1) is 6.77. The molecule has 1 aliphatic rings. The van der Waals surface area contributed by atoms with Crippen LogP contribution >= 0.6 is 0 Å². The Kier molecular flexibility index (Phi) is 2.28. The molecule has 0 atom stereocenters. The number of nitrogens with one attached hydrogen (secondary N) is 1. The number of rotatable bonds is 1. The van der Waals surface area contributed by atoms with Crippen molar-refractivity contribution in [3.8, 4) is 0 Å². The predicted molar refractivity (Wildman–Crippen MR) is 46.7 cm³/mol. The van der Waals surface area contributed by atoms with E-state index in [0.29, 0.717) is 19.9 Å². The molecule has 0 radical (unpaired) electrons. The van der Waals surface area contributed by atoms with Crippen molar-refractivity contribution < 1.29 is 9.53 Å². The Labute approximate surface area is 79.5 Å². The standard InChI is InChI=1S/C8H9N3O3/c12-7-2-1-6(9-10-7)8(13)11-3-4-14-5-11/h1-2H,3-5H2,(H,10,12). The number of aromatic nitrogens is 2. The molecule has 0 aliphatic carbocycles. The number of H-pyrrole nitrogens is 1. The quantitative estimate of drug-likeness (QED) is 0.636. The van der Waals surface area contributed by atoms with Gasteiger partial charge in [-0.05, 0) is 6.07 Å². The fourth-order valence-electron chi connectivity index (χ4n) is 1.20. The summed E-state index contributed by atoms with van der Waals surface area (Å²) in [5.74, 6) is -0.223. The third kappa shape index (κ3) is 1.64. The molecule has 0 bridgehead atoms. The minimum Gasteiger partial charge on any atom is -0.359 e. The fourth-order valence-corrected chi connectivity index (χ4v) is 1.20. The molecule has 0 spiro atoms. The van der Waals surface area contributed by atoms with Crippen molar-refractivity contribution >= 4 is 5.91 Å². The van der Waals surface area contributed by atoms with E-state index >= 15 is 0 Å². The second-order valence-corrected chi connectivity index (χ2v) is 2.91. The van der Waals surface area contributed by atoms with Crippen molar-refractivity contribution in [3.63, 3.8) is 0 Å². The van der Waals surface area contributed by atoms with Gasteiger partial charge < -0.3 is 9.64 Å². The smallest absolute Gasteiger partial charge is 0.276 e. The summed E-state index contributed by atoms with van der Waals surface area (Å²) in [6.07, 6.45) is 0. The van der Waals surface area contributed by atoms with Crippen LogP contribution in [0.2, 0.25) is 0 Å². The summed E-state index contributed by atoms with van der Waals surface area (Å²) < 4.78 is 5.03. The fraction of sp³-hybridized carbons (Fsp3) is 0.375. The SMILES string of the molecule is O=C(c1ccc(=O)[nH]n1)N1CCOC1. The van der Waals surface area contributed by atoms with Crippen LogP contribution in [-0.4, -0.2) is 40.9 Å². The second kappa shape index (κ2) is 3.59. The van der Waals surface area contributed by atoms with Crippen LogP contribution in [0.4, 0.5) is 0 Å². The van der Waals surface area contributed by atoms with E-state index in [1.54, 1.807) is 0 Å². The van der Waals surface area contributed by atoms with Crippen LogP contribution in [0, 0.1) is 0 Å². The monoisotopic (exact) mass is 195 g/mol. The Morgan fingerprint density at radius 2 is 2.43 bits per heavy atom. The zero-order valence-corrected chi connectivity index (χ0v) is 7.40. The average molecular weight is 195 g/mol. The van der Waals surface area contributed by atoms with Gasteiger partial charge in [-0.2, -0.15) is 5.10 Å². The van der Waals surface area contributed by atoms with Crippen molar-refractivity contribution in [3.05, 3.63) is 28.2 Å². The van der Waals surface area contributed by atoms with Crippen molar-refractivity contribution in [1.29, 1.82) is 0 Å². The number of carbonyl (C=O) groups is 1. The highest BCUT2D eigenvalue weighted by Crippen LogP contribution is 2.04. The first-order valence-corrected chi connectivity index (χ1v) is 4.20. The highest BCUT2D eigenvalue weighted by Gasteiger charge is 2.20. The molecule has 0 saturated carbocycles. The van der Waals surface area contributed by atoms with Crippen LogP contribution in [0.25, 0.3) is 0 Å². The summed E-state index contributed by atoms with van der Waals surface area (Å²) in [6, 6.07) is 2.68. The molecule has 14 heavy (non-hydrogen) atoms. The third-order valence-electron chi connectivity index (χ3n) is 1.94. The first-order valence-electron chi connectivity index (χ1n) is 4.20. The number of aromatic amines is 1. The van der Waals surface area contributed by atoms with E-state index < -0.39 is 0 Å². The lowest BCUT2D eigenvalue weighted by atomic mass is 10.3. The van der Waals surface area contributed by atoms with Crippen molar-refractivity contribution in [2.45, 2.75) is 0 Å². The molecule has 0 aromatic carbocycles. The highest BCUT2D eigenvalue weighted by molar-refractivity contribution is 5.92. The van der Waals surface area contributed by atoms with E-state index in [-0.39, 0.29) is 17.2 Å². The Bertz CT molecular complexity index is 375. The van der Waals surface area contributed by atoms with Crippen molar-refractivity contribution in [2.75, 3.05) is 19.9 Å². The largest absolute Gasteiger partial charge is 0.359 e. The van der Waals surface area contributed by atoms with E-state index in [1.165, 1.54) is 17.0 Å². The van der Waals surface area contributed by atoms with Gasteiger partial charge in [0.25, 0.3) is 11.5 Å². The summed E-state index contributed by atoms with van der Waals surface area (Å²) in [7, 11) is 0. The topological polar surface area (TPSA) is 75.3 Å². The molecule has 1 aliphatic heterocycles. The number of hydrogen-bond donors (Lipinski definition) is 1. The average Bonchev–Trinajstić information content (AvgIpc) is 2.71. The zero-order valence-electron chi connectivity index (χ0n) is 7.40. The normalized spacial score (nSPS) is 15.9. The summed E-state index contributed by atoms with van der Waals surface area (Å²) >= 11 is 0. The van der Waals surface area contributed by atoms with E-state index in [2.05, 4.69) is 10.2 Å².